The van der Waals surface area contributed by atoms with Gasteiger partial charge in [-0.1, -0.05) is 30.3 Å². The van der Waals surface area contributed by atoms with E-state index in [1.807, 2.05) is 6.07 Å². The zero-order valence-corrected chi connectivity index (χ0v) is 11.7. The lowest BCUT2D eigenvalue weighted by molar-refractivity contribution is 0.591. The van der Waals surface area contributed by atoms with Crippen molar-refractivity contribution in [3.63, 3.8) is 0 Å². The van der Waals surface area contributed by atoms with Gasteiger partial charge in [0.15, 0.2) is 5.11 Å². The average Bonchev–Trinajstić information content (AvgIpc) is 2.26. The van der Waals surface area contributed by atoms with E-state index in [9.17, 15) is 0 Å². The van der Waals surface area contributed by atoms with Gasteiger partial charge in [-0.25, -0.2) is 0 Å². The normalized spacial score (nSPS) is 12.2. The summed E-state index contributed by atoms with van der Waals surface area (Å²) in [4.78, 5) is 0. The molecule has 0 amide bonds. The minimum absolute atomic E-state index is 0.385. The van der Waals surface area contributed by atoms with Crippen LogP contribution in [0.2, 0.25) is 0 Å². The van der Waals surface area contributed by atoms with Crippen molar-refractivity contribution in [1.29, 1.82) is 0 Å². The molecule has 1 aromatic carbocycles. The third-order valence-corrected chi connectivity index (χ3v) is 2.74. The van der Waals surface area contributed by atoms with Crippen molar-refractivity contribution >= 4 is 17.3 Å². The second-order valence-corrected chi connectivity index (χ2v) is 5.11. The summed E-state index contributed by atoms with van der Waals surface area (Å²) in [7, 11) is 0. The minimum atomic E-state index is 0.385. The van der Waals surface area contributed by atoms with Crippen LogP contribution in [0.15, 0.2) is 30.3 Å². The van der Waals surface area contributed by atoms with Gasteiger partial charge in [-0.05, 0) is 51.4 Å². The largest absolute Gasteiger partial charge is 0.361 e. The van der Waals surface area contributed by atoms with Crippen molar-refractivity contribution in [2.75, 3.05) is 0 Å². The molecule has 0 aliphatic rings. The lowest BCUT2D eigenvalue weighted by Gasteiger charge is -2.18. The van der Waals surface area contributed by atoms with Gasteiger partial charge in [0.2, 0.25) is 0 Å². The van der Waals surface area contributed by atoms with Crippen LogP contribution in [-0.4, -0.2) is 17.2 Å². The molecule has 0 fully saturated rings. The van der Waals surface area contributed by atoms with Crippen LogP contribution in [-0.2, 0) is 6.42 Å². The summed E-state index contributed by atoms with van der Waals surface area (Å²) in [6.45, 7) is 6.34. The molecule has 0 heterocycles. The molecule has 0 saturated carbocycles. The molecule has 17 heavy (non-hydrogen) atoms. The lowest BCUT2D eigenvalue weighted by Crippen LogP contribution is -2.43. The minimum Gasteiger partial charge on any atom is -0.361 e. The van der Waals surface area contributed by atoms with E-state index < -0.39 is 0 Å². The summed E-state index contributed by atoms with van der Waals surface area (Å²) in [6, 6.07) is 11.3. The van der Waals surface area contributed by atoms with E-state index in [1.165, 1.54) is 5.56 Å². The van der Waals surface area contributed by atoms with Gasteiger partial charge in [-0.2, -0.15) is 0 Å². The second kappa shape index (κ2) is 7.28. The summed E-state index contributed by atoms with van der Waals surface area (Å²) in [6.07, 6.45) is 2.17. The number of hydrogen-bond acceptors (Lipinski definition) is 1. The van der Waals surface area contributed by atoms with E-state index in [2.05, 4.69) is 55.7 Å². The first-order valence-electron chi connectivity index (χ1n) is 6.19. The Bertz CT molecular complexity index is 335. The van der Waals surface area contributed by atoms with Crippen molar-refractivity contribution in [3.8, 4) is 0 Å². The third-order valence-electron chi connectivity index (χ3n) is 2.51. The maximum atomic E-state index is 5.22. The number of benzene rings is 1. The second-order valence-electron chi connectivity index (χ2n) is 4.70. The van der Waals surface area contributed by atoms with Crippen molar-refractivity contribution in [2.24, 2.45) is 0 Å². The maximum absolute atomic E-state index is 5.22. The van der Waals surface area contributed by atoms with Crippen LogP contribution < -0.4 is 10.6 Å². The van der Waals surface area contributed by atoms with Crippen LogP contribution in [0, 0.1) is 0 Å². The Hall–Kier alpha value is -1.09. The molecule has 1 aromatic rings. The molecule has 94 valence electrons. The van der Waals surface area contributed by atoms with Gasteiger partial charge in [0.25, 0.3) is 0 Å². The van der Waals surface area contributed by atoms with Gasteiger partial charge < -0.3 is 10.6 Å². The van der Waals surface area contributed by atoms with Gasteiger partial charge in [0, 0.05) is 12.1 Å². The summed E-state index contributed by atoms with van der Waals surface area (Å²) < 4.78 is 0. The molecular weight excluding hydrogens is 228 g/mol. The van der Waals surface area contributed by atoms with Crippen LogP contribution in [0.3, 0.4) is 0 Å². The molecule has 3 heteroatoms. The first-order chi connectivity index (χ1) is 8.08. The molecule has 0 radical (unpaired) electrons. The molecule has 2 nitrogen and oxygen atoms in total. The van der Waals surface area contributed by atoms with E-state index in [1.54, 1.807) is 0 Å². The highest BCUT2D eigenvalue weighted by molar-refractivity contribution is 7.80. The fraction of sp³-hybridized carbons (Fsp3) is 0.500. The molecule has 1 unspecified atom stereocenters. The van der Waals surface area contributed by atoms with Crippen LogP contribution in [0.5, 0.6) is 0 Å². The molecule has 0 bridgehead atoms. The summed E-state index contributed by atoms with van der Waals surface area (Å²) in [5.74, 6) is 0. The fourth-order valence-corrected chi connectivity index (χ4v) is 2.06. The van der Waals surface area contributed by atoms with Crippen molar-refractivity contribution in [3.05, 3.63) is 35.9 Å². The Morgan fingerprint density at radius 3 is 2.35 bits per heavy atom. The zero-order chi connectivity index (χ0) is 12.7. The van der Waals surface area contributed by atoms with Crippen molar-refractivity contribution in [2.45, 2.75) is 45.7 Å². The van der Waals surface area contributed by atoms with E-state index in [-0.39, 0.29) is 0 Å². The number of rotatable bonds is 5. The molecule has 2 N–H and O–H groups in total. The van der Waals surface area contributed by atoms with Crippen molar-refractivity contribution < 1.29 is 0 Å². The summed E-state index contributed by atoms with van der Waals surface area (Å²) >= 11 is 5.22. The molecule has 0 spiro atoms. The highest BCUT2D eigenvalue weighted by Gasteiger charge is 2.05. The number of hydrogen-bond donors (Lipinski definition) is 2. The van der Waals surface area contributed by atoms with E-state index >= 15 is 0 Å². The predicted octanol–water partition coefficient (Wildman–Crippen LogP) is 2.88. The van der Waals surface area contributed by atoms with E-state index in [0.29, 0.717) is 12.1 Å². The highest BCUT2D eigenvalue weighted by atomic mass is 32.1. The predicted molar refractivity (Wildman–Crippen MR) is 78.2 cm³/mol. The van der Waals surface area contributed by atoms with Gasteiger partial charge in [-0.3, -0.25) is 0 Å². The SMILES string of the molecule is CC(C)NC(=S)NC(C)CCc1ccccc1. The van der Waals surface area contributed by atoms with Gasteiger partial charge in [-0.15, -0.1) is 0 Å². The topological polar surface area (TPSA) is 24.1 Å². The van der Waals surface area contributed by atoms with Crippen LogP contribution in [0.25, 0.3) is 0 Å². The fourth-order valence-electron chi connectivity index (χ4n) is 1.63. The van der Waals surface area contributed by atoms with Crippen LogP contribution in [0.1, 0.15) is 32.8 Å². The molecule has 0 aliphatic carbocycles. The van der Waals surface area contributed by atoms with Crippen LogP contribution in [0.4, 0.5) is 0 Å². The highest BCUT2D eigenvalue weighted by Crippen LogP contribution is 2.04. The first-order valence-corrected chi connectivity index (χ1v) is 6.59. The average molecular weight is 250 g/mol. The molecule has 1 rings (SSSR count). The quantitative estimate of drug-likeness (QED) is 0.786. The maximum Gasteiger partial charge on any atom is 0.166 e. The summed E-state index contributed by atoms with van der Waals surface area (Å²) in [5, 5.41) is 7.24. The Morgan fingerprint density at radius 1 is 1.12 bits per heavy atom. The van der Waals surface area contributed by atoms with Crippen molar-refractivity contribution in [1.82, 2.24) is 10.6 Å². The van der Waals surface area contributed by atoms with Crippen LogP contribution >= 0.6 is 12.2 Å². The number of thiocarbonyl (C=S) groups is 1. The molecule has 0 aliphatic heterocycles. The summed E-state index contributed by atoms with van der Waals surface area (Å²) in [5.41, 5.74) is 1.38. The van der Waals surface area contributed by atoms with Gasteiger partial charge in [0.05, 0.1) is 0 Å². The lowest BCUT2D eigenvalue weighted by atomic mass is 10.1. The van der Waals surface area contributed by atoms with Gasteiger partial charge in [0.1, 0.15) is 0 Å². The third kappa shape index (κ3) is 6.27. The Balaban J connectivity index is 2.26. The van der Waals surface area contributed by atoms with E-state index in [4.69, 9.17) is 12.2 Å². The van der Waals surface area contributed by atoms with Gasteiger partial charge >= 0.3 is 0 Å². The molecular formula is C14H22N2S. The Morgan fingerprint density at radius 2 is 1.76 bits per heavy atom. The smallest absolute Gasteiger partial charge is 0.166 e. The molecule has 0 saturated heterocycles. The first kappa shape index (κ1) is 14.0. The van der Waals surface area contributed by atoms with E-state index in [0.717, 1.165) is 18.0 Å². The number of aryl methyl sites for hydroxylation is 1. The Kier molecular flexibility index (Phi) is 5.98. The Labute approximate surface area is 110 Å². The standard InChI is InChI=1S/C14H22N2S/c1-11(2)15-14(17)16-12(3)9-10-13-7-5-4-6-8-13/h4-8,11-12H,9-10H2,1-3H3,(H2,15,16,17). The monoisotopic (exact) mass is 250 g/mol. The zero-order valence-electron chi connectivity index (χ0n) is 10.9. The molecule has 1 atom stereocenters. The number of nitrogens with one attached hydrogen (secondary N) is 2. The molecule has 0 aromatic heterocycles.